The number of fused-ring (bicyclic) bond motifs is 2. The summed E-state index contributed by atoms with van der Waals surface area (Å²) in [5.74, 6) is 0.458. The van der Waals surface area contributed by atoms with Gasteiger partial charge in [-0.05, 0) is 17.7 Å². The molecule has 0 bridgehead atoms. The average Bonchev–Trinajstić information content (AvgIpc) is 3.38. The van der Waals surface area contributed by atoms with Crippen LogP contribution in [0.15, 0.2) is 96.2 Å². The van der Waals surface area contributed by atoms with Gasteiger partial charge in [0.2, 0.25) is 5.91 Å². The molecule has 1 aliphatic rings. The Bertz CT molecular complexity index is 1650. The molecular weight excluding hydrogens is 466 g/mol. The zero-order valence-corrected chi connectivity index (χ0v) is 19.9. The van der Waals surface area contributed by atoms with Gasteiger partial charge in [-0.15, -0.1) is 0 Å². The topological polar surface area (TPSA) is 99.0 Å². The van der Waals surface area contributed by atoms with E-state index in [1.807, 2.05) is 66.7 Å². The standard InChI is InChI=1S/C29H23N5O3/c35-26(32-16-21-15-20-9-6-12-24(28(20)37-21)25-17-30-13-14-31-25)18-34-29(36)23-11-5-4-10-22(23)27(33-34)19-7-2-1-3-8-19/h1-14,17,21H,15-16,18H2,(H,32,35)/t21-/m1/s1. The molecule has 0 saturated heterocycles. The molecule has 8 nitrogen and oxygen atoms in total. The molecular formula is C29H23N5O3. The van der Waals surface area contributed by atoms with Gasteiger partial charge < -0.3 is 10.1 Å². The predicted octanol–water partition coefficient (Wildman–Crippen LogP) is 3.64. The number of benzene rings is 3. The molecule has 8 heteroatoms. The molecule has 0 saturated carbocycles. The first-order valence-electron chi connectivity index (χ1n) is 12.0. The van der Waals surface area contributed by atoms with Crippen molar-refractivity contribution in [3.05, 3.63) is 107 Å². The SMILES string of the molecule is O=C(Cn1nc(-c2ccccc2)c2ccccc2c1=O)NC[C@H]1Cc2cccc(-c3cnccn3)c2O1. The fraction of sp³-hybridized carbons (Fsp3) is 0.138. The third-order valence-corrected chi connectivity index (χ3v) is 6.40. The fourth-order valence-corrected chi connectivity index (χ4v) is 4.66. The van der Waals surface area contributed by atoms with Crippen molar-refractivity contribution in [1.82, 2.24) is 25.1 Å². The lowest BCUT2D eigenvalue weighted by Crippen LogP contribution is -2.38. The predicted molar refractivity (Wildman–Crippen MR) is 140 cm³/mol. The molecule has 0 unspecified atom stereocenters. The van der Waals surface area contributed by atoms with Gasteiger partial charge in [-0.1, -0.05) is 60.7 Å². The van der Waals surface area contributed by atoms with Crippen molar-refractivity contribution in [1.29, 1.82) is 0 Å². The van der Waals surface area contributed by atoms with E-state index in [1.54, 1.807) is 24.7 Å². The molecule has 1 aliphatic heterocycles. The number of rotatable bonds is 6. The van der Waals surface area contributed by atoms with Crippen LogP contribution in [-0.4, -0.2) is 38.3 Å². The Hall–Kier alpha value is -4.85. The molecule has 0 fully saturated rings. The van der Waals surface area contributed by atoms with Crippen molar-refractivity contribution in [3.8, 4) is 28.3 Å². The van der Waals surface area contributed by atoms with Crippen molar-refractivity contribution in [2.45, 2.75) is 19.1 Å². The van der Waals surface area contributed by atoms with Gasteiger partial charge in [-0.3, -0.25) is 19.6 Å². The molecule has 6 rings (SSSR count). The van der Waals surface area contributed by atoms with Crippen molar-refractivity contribution in [3.63, 3.8) is 0 Å². The van der Waals surface area contributed by atoms with Gasteiger partial charge in [0.05, 0.1) is 29.5 Å². The minimum absolute atomic E-state index is 0.186. The Morgan fingerprint density at radius 2 is 1.78 bits per heavy atom. The van der Waals surface area contributed by atoms with Gasteiger partial charge in [0, 0.05) is 35.3 Å². The highest BCUT2D eigenvalue weighted by molar-refractivity contribution is 5.93. The van der Waals surface area contributed by atoms with Crippen LogP contribution in [0.2, 0.25) is 0 Å². The van der Waals surface area contributed by atoms with E-state index in [4.69, 9.17) is 4.74 Å². The lowest BCUT2D eigenvalue weighted by Gasteiger charge is -2.14. The van der Waals surface area contributed by atoms with E-state index in [0.29, 0.717) is 24.0 Å². The number of aromatic nitrogens is 4. The van der Waals surface area contributed by atoms with Crippen LogP contribution in [0.3, 0.4) is 0 Å². The molecule has 0 spiro atoms. The molecule has 1 atom stereocenters. The number of ether oxygens (including phenoxy) is 1. The fourth-order valence-electron chi connectivity index (χ4n) is 4.66. The summed E-state index contributed by atoms with van der Waals surface area (Å²) in [7, 11) is 0. The molecule has 0 aliphatic carbocycles. The Morgan fingerprint density at radius 1 is 0.973 bits per heavy atom. The number of hydrogen-bond acceptors (Lipinski definition) is 6. The lowest BCUT2D eigenvalue weighted by molar-refractivity contribution is -0.122. The Morgan fingerprint density at radius 3 is 2.59 bits per heavy atom. The first-order chi connectivity index (χ1) is 18.2. The van der Waals surface area contributed by atoms with Crippen LogP contribution in [0, 0.1) is 0 Å². The van der Waals surface area contributed by atoms with E-state index in [2.05, 4.69) is 20.4 Å². The molecule has 3 heterocycles. The summed E-state index contributed by atoms with van der Waals surface area (Å²) >= 11 is 0. The van der Waals surface area contributed by atoms with Crippen molar-refractivity contribution >= 4 is 16.7 Å². The molecule has 37 heavy (non-hydrogen) atoms. The summed E-state index contributed by atoms with van der Waals surface area (Å²) in [4.78, 5) is 34.5. The molecule has 1 amide bonds. The number of para-hydroxylation sites is 1. The zero-order chi connectivity index (χ0) is 25.2. The smallest absolute Gasteiger partial charge is 0.275 e. The van der Waals surface area contributed by atoms with E-state index in [-0.39, 0.29) is 24.1 Å². The van der Waals surface area contributed by atoms with E-state index >= 15 is 0 Å². The average molecular weight is 490 g/mol. The lowest BCUT2D eigenvalue weighted by atomic mass is 10.0. The zero-order valence-electron chi connectivity index (χ0n) is 19.9. The van der Waals surface area contributed by atoms with Crippen LogP contribution in [0.5, 0.6) is 5.75 Å². The van der Waals surface area contributed by atoms with Gasteiger partial charge in [0.25, 0.3) is 5.56 Å². The maximum absolute atomic E-state index is 13.1. The third kappa shape index (κ3) is 4.45. The van der Waals surface area contributed by atoms with Crippen LogP contribution in [0.4, 0.5) is 0 Å². The van der Waals surface area contributed by atoms with Crippen LogP contribution >= 0.6 is 0 Å². The first kappa shape index (κ1) is 22.6. The summed E-state index contributed by atoms with van der Waals surface area (Å²) in [5, 5.41) is 8.76. The van der Waals surface area contributed by atoms with Crippen molar-refractivity contribution < 1.29 is 9.53 Å². The minimum atomic E-state index is -0.308. The second-order valence-electron chi connectivity index (χ2n) is 8.86. The number of carbonyl (C=O) groups excluding carboxylic acids is 1. The van der Waals surface area contributed by atoms with Gasteiger partial charge >= 0.3 is 0 Å². The second kappa shape index (κ2) is 9.66. The number of hydrogen-bond donors (Lipinski definition) is 1. The maximum atomic E-state index is 13.1. The number of nitrogens with one attached hydrogen (secondary N) is 1. The van der Waals surface area contributed by atoms with Gasteiger partial charge in [0.1, 0.15) is 18.4 Å². The Labute approximate surface area is 212 Å². The summed E-state index contributed by atoms with van der Waals surface area (Å²) in [6, 6.07) is 22.9. The van der Waals surface area contributed by atoms with Crippen molar-refractivity contribution in [2.24, 2.45) is 0 Å². The quantitative estimate of drug-likeness (QED) is 0.391. The highest BCUT2D eigenvalue weighted by Crippen LogP contribution is 2.37. The monoisotopic (exact) mass is 489 g/mol. The van der Waals surface area contributed by atoms with Gasteiger partial charge in [-0.2, -0.15) is 5.10 Å². The van der Waals surface area contributed by atoms with Crippen LogP contribution < -0.4 is 15.6 Å². The van der Waals surface area contributed by atoms with Gasteiger partial charge in [-0.25, -0.2) is 4.68 Å². The molecule has 0 radical (unpaired) electrons. The Kier molecular flexibility index (Phi) is 5.90. The number of carbonyl (C=O) groups is 1. The first-order valence-corrected chi connectivity index (χ1v) is 12.0. The largest absolute Gasteiger partial charge is 0.487 e. The molecule has 182 valence electrons. The number of amides is 1. The molecule has 1 N–H and O–H groups in total. The van der Waals surface area contributed by atoms with Crippen LogP contribution in [-0.2, 0) is 17.8 Å². The van der Waals surface area contributed by atoms with Crippen LogP contribution in [0.1, 0.15) is 5.56 Å². The summed E-state index contributed by atoms with van der Waals surface area (Å²) < 4.78 is 7.42. The van der Waals surface area contributed by atoms with Crippen LogP contribution in [0.25, 0.3) is 33.3 Å². The molecule has 3 aromatic carbocycles. The summed E-state index contributed by atoms with van der Waals surface area (Å²) in [6.07, 6.45) is 5.41. The molecule has 5 aromatic rings. The van der Waals surface area contributed by atoms with E-state index < -0.39 is 0 Å². The third-order valence-electron chi connectivity index (χ3n) is 6.40. The van der Waals surface area contributed by atoms with E-state index in [0.717, 1.165) is 33.5 Å². The summed E-state index contributed by atoms with van der Waals surface area (Å²) in [5.41, 5.74) is 3.91. The van der Waals surface area contributed by atoms with E-state index in [1.165, 1.54) is 4.68 Å². The number of nitrogens with zero attached hydrogens (tertiary/aromatic N) is 4. The van der Waals surface area contributed by atoms with Gasteiger partial charge in [0.15, 0.2) is 0 Å². The van der Waals surface area contributed by atoms with E-state index in [9.17, 15) is 9.59 Å². The Balaban J connectivity index is 1.19. The maximum Gasteiger partial charge on any atom is 0.275 e. The molecule has 2 aromatic heterocycles. The normalized spacial score (nSPS) is 14.2. The highest BCUT2D eigenvalue weighted by atomic mass is 16.5. The minimum Gasteiger partial charge on any atom is -0.487 e. The highest BCUT2D eigenvalue weighted by Gasteiger charge is 2.26. The summed E-state index contributed by atoms with van der Waals surface area (Å²) in [6.45, 7) is 0.120. The second-order valence-corrected chi connectivity index (χ2v) is 8.86. The van der Waals surface area contributed by atoms with Crippen molar-refractivity contribution in [2.75, 3.05) is 6.54 Å².